The molecule has 0 saturated heterocycles. The second-order valence-corrected chi connectivity index (χ2v) is 7.38. The molecule has 2 N–H and O–H groups in total. The molecule has 1 aliphatic heterocycles. The van der Waals surface area contributed by atoms with Crippen LogP contribution in [0.5, 0.6) is 5.75 Å². The van der Waals surface area contributed by atoms with Gasteiger partial charge >= 0.3 is 5.97 Å². The van der Waals surface area contributed by atoms with Gasteiger partial charge in [-0.1, -0.05) is 6.07 Å². The van der Waals surface area contributed by atoms with Gasteiger partial charge in [0.15, 0.2) is 11.5 Å². The summed E-state index contributed by atoms with van der Waals surface area (Å²) in [7, 11) is 0. The van der Waals surface area contributed by atoms with E-state index in [2.05, 4.69) is 30.7 Å². The number of carbonyl (C=O) groups is 3. The molecule has 0 unspecified atom stereocenters. The van der Waals surface area contributed by atoms with Gasteiger partial charge in [-0.2, -0.15) is 5.10 Å². The molecule has 0 fully saturated rings. The Hall–Kier alpha value is -4.74. The Labute approximate surface area is 191 Å². The van der Waals surface area contributed by atoms with Crippen LogP contribution in [-0.2, 0) is 24.3 Å². The Balaban J connectivity index is 1.35. The van der Waals surface area contributed by atoms with Gasteiger partial charge < -0.3 is 15.4 Å². The SMILES string of the molecule is O=C1Cc2cc(CNC(=O)c3cc(C(=O)NCc4ncccn4)n4ncc(F)c4n3)ccc2O1. The minimum Gasteiger partial charge on any atom is -0.426 e. The third-order valence-corrected chi connectivity index (χ3v) is 5.06. The Bertz CT molecular complexity index is 1440. The number of nitrogens with zero attached hydrogens (tertiary/aromatic N) is 5. The highest BCUT2D eigenvalue weighted by Crippen LogP contribution is 2.26. The van der Waals surface area contributed by atoms with E-state index in [-0.39, 0.29) is 42.5 Å². The average Bonchev–Trinajstić information content (AvgIpc) is 3.42. The quantitative estimate of drug-likeness (QED) is 0.320. The van der Waals surface area contributed by atoms with Crippen LogP contribution in [0.3, 0.4) is 0 Å². The second kappa shape index (κ2) is 8.65. The van der Waals surface area contributed by atoms with Crippen LogP contribution in [0.1, 0.15) is 37.9 Å². The van der Waals surface area contributed by atoms with Crippen LogP contribution in [0.4, 0.5) is 4.39 Å². The Morgan fingerprint density at radius 1 is 1.09 bits per heavy atom. The summed E-state index contributed by atoms with van der Waals surface area (Å²) in [6.45, 7) is 0.154. The lowest BCUT2D eigenvalue weighted by Gasteiger charge is -2.10. The van der Waals surface area contributed by atoms with Gasteiger partial charge in [0.05, 0.1) is 19.2 Å². The fourth-order valence-corrected chi connectivity index (χ4v) is 3.45. The highest BCUT2D eigenvalue weighted by atomic mass is 19.1. The smallest absolute Gasteiger partial charge is 0.315 e. The van der Waals surface area contributed by atoms with Crippen molar-refractivity contribution in [3.63, 3.8) is 0 Å². The lowest BCUT2D eigenvalue weighted by molar-refractivity contribution is -0.131. The summed E-state index contributed by atoms with van der Waals surface area (Å²) in [6, 6.07) is 8.01. The molecule has 0 saturated carbocycles. The highest BCUT2D eigenvalue weighted by molar-refractivity contribution is 5.98. The van der Waals surface area contributed by atoms with E-state index < -0.39 is 17.6 Å². The molecule has 2 amide bonds. The van der Waals surface area contributed by atoms with Crippen molar-refractivity contribution in [1.29, 1.82) is 0 Å². The fraction of sp³-hybridized carbons (Fsp3) is 0.136. The summed E-state index contributed by atoms with van der Waals surface area (Å²) in [4.78, 5) is 49.0. The third kappa shape index (κ3) is 4.16. The molecule has 4 aromatic rings. The van der Waals surface area contributed by atoms with Gasteiger partial charge in [0.2, 0.25) is 0 Å². The predicted octanol–water partition coefficient (Wildman–Crippen LogP) is 0.980. The molecule has 3 aromatic heterocycles. The molecular formula is C22H16FN7O4. The number of fused-ring (bicyclic) bond motifs is 2. The van der Waals surface area contributed by atoms with E-state index in [0.717, 1.165) is 21.8 Å². The van der Waals surface area contributed by atoms with Crippen molar-refractivity contribution >= 4 is 23.4 Å². The molecule has 1 aliphatic rings. The van der Waals surface area contributed by atoms with Crippen molar-refractivity contribution < 1.29 is 23.5 Å². The molecule has 170 valence electrons. The number of amides is 2. The summed E-state index contributed by atoms with van der Waals surface area (Å²) in [5.41, 5.74) is 0.972. The first-order valence-electron chi connectivity index (χ1n) is 10.2. The number of esters is 1. The molecule has 12 heteroatoms. The zero-order chi connectivity index (χ0) is 23.7. The van der Waals surface area contributed by atoms with Crippen molar-refractivity contribution in [2.75, 3.05) is 0 Å². The van der Waals surface area contributed by atoms with Crippen molar-refractivity contribution in [1.82, 2.24) is 35.2 Å². The highest BCUT2D eigenvalue weighted by Gasteiger charge is 2.22. The monoisotopic (exact) mass is 461 g/mol. The summed E-state index contributed by atoms with van der Waals surface area (Å²) >= 11 is 0. The lowest BCUT2D eigenvalue weighted by atomic mass is 10.1. The van der Waals surface area contributed by atoms with Gasteiger partial charge in [0.1, 0.15) is 23.0 Å². The summed E-state index contributed by atoms with van der Waals surface area (Å²) in [5, 5.41) is 9.15. The first kappa shape index (κ1) is 21.1. The van der Waals surface area contributed by atoms with Crippen LogP contribution in [0, 0.1) is 5.82 Å². The van der Waals surface area contributed by atoms with Gasteiger partial charge in [-0.25, -0.2) is 23.9 Å². The summed E-state index contributed by atoms with van der Waals surface area (Å²) in [6.07, 6.45) is 4.16. The van der Waals surface area contributed by atoms with Crippen molar-refractivity contribution in [3.05, 3.63) is 83.1 Å². The fourth-order valence-electron chi connectivity index (χ4n) is 3.45. The van der Waals surface area contributed by atoms with E-state index in [9.17, 15) is 18.8 Å². The van der Waals surface area contributed by atoms with E-state index in [0.29, 0.717) is 11.6 Å². The number of nitrogens with one attached hydrogen (secondary N) is 2. The molecule has 1 aromatic carbocycles. The van der Waals surface area contributed by atoms with E-state index in [1.807, 2.05) is 0 Å². The normalized spacial score (nSPS) is 12.3. The summed E-state index contributed by atoms with van der Waals surface area (Å²) < 4.78 is 20.3. The minimum absolute atomic E-state index is 0.0271. The molecule has 0 atom stereocenters. The first-order chi connectivity index (χ1) is 16.5. The van der Waals surface area contributed by atoms with Crippen LogP contribution < -0.4 is 15.4 Å². The number of hydrogen-bond acceptors (Lipinski definition) is 8. The molecule has 4 heterocycles. The number of ether oxygens (including phenoxy) is 1. The number of carbonyl (C=O) groups excluding carboxylic acids is 3. The zero-order valence-electron chi connectivity index (χ0n) is 17.5. The number of hydrogen-bond donors (Lipinski definition) is 2. The molecule has 0 bridgehead atoms. The second-order valence-electron chi connectivity index (χ2n) is 7.38. The number of benzene rings is 1. The van der Waals surface area contributed by atoms with E-state index in [1.54, 1.807) is 24.3 Å². The van der Waals surface area contributed by atoms with Crippen molar-refractivity contribution in [3.8, 4) is 5.75 Å². The number of rotatable bonds is 6. The molecule has 0 aliphatic carbocycles. The molecule has 0 radical (unpaired) electrons. The van der Waals surface area contributed by atoms with E-state index in [4.69, 9.17) is 4.74 Å². The Morgan fingerprint density at radius 2 is 1.88 bits per heavy atom. The van der Waals surface area contributed by atoms with Gasteiger partial charge in [-0.15, -0.1) is 0 Å². The standard InChI is InChI=1S/C22H16FN7O4/c23-14-10-28-30-16(22(33)27-11-18-24-4-1-5-25-18)8-15(29-20(14)30)21(32)26-9-12-2-3-17-13(6-12)7-19(31)34-17/h1-6,8,10H,7,9,11H2,(H,26,32)(H,27,33). The topological polar surface area (TPSA) is 140 Å². The molecule has 5 rings (SSSR count). The molecule has 11 nitrogen and oxygen atoms in total. The van der Waals surface area contributed by atoms with E-state index >= 15 is 0 Å². The maximum Gasteiger partial charge on any atom is 0.315 e. The van der Waals surface area contributed by atoms with Crippen LogP contribution in [0.2, 0.25) is 0 Å². The minimum atomic E-state index is -0.779. The first-order valence-corrected chi connectivity index (χ1v) is 10.2. The van der Waals surface area contributed by atoms with Crippen LogP contribution in [-0.4, -0.2) is 42.3 Å². The van der Waals surface area contributed by atoms with Crippen LogP contribution in [0.15, 0.2) is 48.9 Å². The van der Waals surface area contributed by atoms with Crippen molar-refractivity contribution in [2.45, 2.75) is 19.5 Å². The molecular weight excluding hydrogens is 445 g/mol. The van der Waals surface area contributed by atoms with Gasteiger partial charge in [-0.3, -0.25) is 14.4 Å². The van der Waals surface area contributed by atoms with Crippen LogP contribution >= 0.6 is 0 Å². The maximum absolute atomic E-state index is 14.2. The average molecular weight is 461 g/mol. The zero-order valence-corrected chi connectivity index (χ0v) is 17.5. The van der Waals surface area contributed by atoms with Crippen molar-refractivity contribution in [2.24, 2.45) is 0 Å². The lowest BCUT2D eigenvalue weighted by Crippen LogP contribution is -2.29. The van der Waals surface area contributed by atoms with Crippen LogP contribution in [0.25, 0.3) is 5.65 Å². The number of aromatic nitrogens is 5. The predicted molar refractivity (Wildman–Crippen MR) is 113 cm³/mol. The number of halogens is 1. The maximum atomic E-state index is 14.2. The molecule has 34 heavy (non-hydrogen) atoms. The van der Waals surface area contributed by atoms with Gasteiger partial charge in [0.25, 0.3) is 11.8 Å². The Kier molecular flexibility index (Phi) is 5.38. The molecule has 0 spiro atoms. The largest absolute Gasteiger partial charge is 0.426 e. The van der Waals surface area contributed by atoms with Gasteiger partial charge in [-0.05, 0) is 23.8 Å². The van der Waals surface area contributed by atoms with Gasteiger partial charge in [0, 0.05) is 30.6 Å². The Morgan fingerprint density at radius 3 is 2.71 bits per heavy atom. The summed E-state index contributed by atoms with van der Waals surface area (Å²) in [5.74, 6) is -1.46. The third-order valence-electron chi connectivity index (χ3n) is 5.06. The van der Waals surface area contributed by atoms with E-state index in [1.165, 1.54) is 18.5 Å².